The molecule has 0 saturated carbocycles. The van der Waals surface area contributed by atoms with Gasteiger partial charge in [-0.3, -0.25) is 14.5 Å². The van der Waals surface area contributed by atoms with Crippen LogP contribution in [0, 0.1) is 5.92 Å². The van der Waals surface area contributed by atoms with E-state index in [0.29, 0.717) is 23.6 Å². The standard InChI is InChI=1S/C38H45Br2NO2S5/c1-3-5-7-9-11-12-14-16-18-24(17-15-13-10-8-6-4-2)23-41-37(42)33-34(38(41)43)36(30-20-26-28(45-30)22-32(40)47-26)48-35(33)29-19-25-27(44-29)21-31(39)46-25/h19-22,24H,3-18,23H2,1-2H3. The van der Waals surface area contributed by atoms with E-state index in [1.807, 2.05) is 0 Å². The number of amides is 2. The van der Waals surface area contributed by atoms with Gasteiger partial charge in [-0.05, 0) is 74.9 Å². The molecule has 0 aromatic carbocycles. The lowest BCUT2D eigenvalue weighted by Gasteiger charge is -2.23. The second-order valence-corrected chi connectivity index (χ2v) is 21.3. The van der Waals surface area contributed by atoms with Crippen molar-refractivity contribution < 1.29 is 9.59 Å². The van der Waals surface area contributed by atoms with Gasteiger partial charge in [-0.2, -0.15) is 0 Å². The molecule has 0 bridgehead atoms. The van der Waals surface area contributed by atoms with Crippen LogP contribution in [0.3, 0.4) is 0 Å². The number of unbranched alkanes of at least 4 members (excludes halogenated alkanes) is 12. The van der Waals surface area contributed by atoms with Crippen LogP contribution in [0.5, 0.6) is 0 Å². The van der Waals surface area contributed by atoms with Crippen LogP contribution >= 0.6 is 88.5 Å². The lowest BCUT2D eigenvalue weighted by molar-refractivity contribution is 0.0622. The number of thiophene rings is 5. The first-order valence-corrected chi connectivity index (χ1v) is 23.5. The first kappa shape index (κ1) is 36.9. The zero-order valence-corrected chi connectivity index (χ0v) is 35.2. The minimum absolute atomic E-state index is 0.0876. The third kappa shape index (κ3) is 8.59. The molecule has 1 unspecified atom stereocenters. The van der Waals surface area contributed by atoms with Crippen molar-refractivity contribution in [2.45, 2.75) is 117 Å². The lowest BCUT2D eigenvalue weighted by Crippen LogP contribution is -2.35. The maximum absolute atomic E-state index is 14.4. The van der Waals surface area contributed by atoms with Gasteiger partial charge in [0.25, 0.3) is 11.8 Å². The van der Waals surface area contributed by atoms with E-state index in [9.17, 15) is 9.59 Å². The molecule has 0 N–H and O–H groups in total. The Balaban J connectivity index is 1.24. The lowest BCUT2D eigenvalue weighted by atomic mass is 9.93. The van der Waals surface area contributed by atoms with Gasteiger partial charge < -0.3 is 0 Å². The minimum atomic E-state index is -0.0876. The van der Waals surface area contributed by atoms with Crippen molar-refractivity contribution >= 4 is 119 Å². The molecule has 5 aromatic rings. The molecular weight excluding hydrogens is 823 g/mol. The highest BCUT2D eigenvalue weighted by atomic mass is 79.9. The molecule has 2 amide bonds. The molecule has 0 fully saturated rings. The average molecular weight is 868 g/mol. The monoisotopic (exact) mass is 865 g/mol. The van der Waals surface area contributed by atoms with Gasteiger partial charge in [-0.25, -0.2) is 0 Å². The summed E-state index contributed by atoms with van der Waals surface area (Å²) in [7, 11) is 0. The number of rotatable bonds is 20. The molecule has 0 aliphatic carbocycles. The van der Waals surface area contributed by atoms with Gasteiger partial charge in [0.05, 0.1) is 28.5 Å². The Morgan fingerprint density at radius 3 is 1.35 bits per heavy atom. The van der Waals surface area contributed by atoms with E-state index >= 15 is 0 Å². The molecule has 258 valence electrons. The first-order chi connectivity index (χ1) is 23.4. The first-order valence-electron chi connectivity index (χ1n) is 17.8. The van der Waals surface area contributed by atoms with Crippen LogP contribution in [-0.4, -0.2) is 23.3 Å². The van der Waals surface area contributed by atoms with Crippen molar-refractivity contribution in [3.05, 3.63) is 43.0 Å². The number of hydrogen-bond donors (Lipinski definition) is 0. The third-order valence-corrected chi connectivity index (χ3v) is 16.6. The SMILES string of the molecule is CCCCCCCCCCC(CCCCCCCC)CN1C(=O)c2c(-c3cc4sc(Br)cc4s3)sc(-c3cc4sc(Br)cc4s3)c2C1=O. The Labute approximate surface area is 322 Å². The van der Waals surface area contributed by atoms with Crippen LogP contribution in [0.2, 0.25) is 0 Å². The topological polar surface area (TPSA) is 37.4 Å². The highest BCUT2D eigenvalue weighted by Crippen LogP contribution is 2.52. The van der Waals surface area contributed by atoms with Crippen LogP contribution in [0.25, 0.3) is 38.3 Å². The normalized spacial score (nSPS) is 14.0. The van der Waals surface area contributed by atoms with Crippen LogP contribution in [0.1, 0.15) is 137 Å². The summed E-state index contributed by atoms with van der Waals surface area (Å²) in [5, 5.41) is 0. The number of fused-ring (bicyclic) bond motifs is 3. The van der Waals surface area contributed by atoms with Crippen LogP contribution < -0.4 is 0 Å². The fraction of sp³-hybridized carbons (Fsp3) is 0.526. The van der Waals surface area contributed by atoms with Gasteiger partial charge >= 0.3 is 0 Å². The molecule has 0 spiro atoms. The number of carbonyl (C=O) groups excluding carboxylic acids is 2. The molecule has 10 heteroatoms. The van der Waals surface area contributed by atoms with E-state index < -0.39 is 0 Å². The van der Waals surface area contributed by atoms with Gasteiger partial charge in [0.2, 0.25) is 0 Å². The maximum atomic E-state index is 14.4. The number of nitrogens with zero attached hydrogens (tertiary/aromatic N) is 1. The molecule has 5 aromatic heterocycles. The molecule has 1 aliphatic rings. The van der Waals surface area contributed by atoms with Crippen molar-refractivity contribution in [3.63, 3.8) is 0 Å². The summed E-state index contributed by atoms with van der Waals surface area (Å²) in [5.41, 5.74) is 1.27. The average Bonchev–Trinajstić information content (AvgIpc) is 3.89. The quantitative estimate of drug-likeness (QED) is 0.0577. The molecule has 0 saturated heterocycles. The highest BCUT2D eigenvalue weighted by Gasteiger charge is 2.43. The van der Waals surface area contributed by atoms with Gasteiger partial charge in [-0.15, -0.1) is 56.7 Å². The Kier molecular flexibility index (Phi) is 13.5. The summed E-state index contributed by atoms with van der Waals surface area (Å²) < 4.78 is 7.08. The van der Waals surface area contributed by atoms with Crippen LogP contribution in [0.4, 0.5) is 0 Å². The summed E-state index contributed by atoms with van der Waals surface area (Å²) in [6, 6.07) is 8.73. The molecule has 1 atom stereocenters. The summed E-state index contributed by atoms with van der Waals surface area (Å²) in [6.07, 6.45) is 20.2. The number of hydrogen-bond acceptors (Lipinski definition) is 7. The Hall–Kier alpha value is -0.880. The van der Waals surface area contributed by atoms with Crippen molar-refractivity contribution in [2.24, 2.45) is 5.92 Å². The van der Waals surface area contributed by atoms with E-state index in [4.69, 9.17) is 0 Å². The number of halogens is 2. The predicted molar refractivity (Wildman–Crippen MR) is 221 cm³/mol. The molecule has 6 rings (SSSR count). The zero-order chi connectivity index (χ0) is 33.6. The fourth-order valence-electron chi connectivity index (χ4n) is 6.92. The summed E-state index contributed by atoms with van der Waals surface area (Å²) >= 11 is 15.8. The second-order valence-electron chi connectivity index (χ2n) is 13.2. The van der Waals surface area contributed by atoms with Gasteiger partial charge in [0.1, 0.15) is 0 Å². The Morgan fingerprint density at radius 2 is 0.938 bits per heavy atom. The summed E-state index contributed by atoms with van der Waals surface area (Å²) in [6.45, 7) is 5.08. The molecule has 48 heavy (non-hydrogen) atoms. The maximum Gasteiger partial charge on any atom is 0.263 e. The highest BCUT2D eigenvalue weighted by molar-refractivity contribution is 9.11. The van der Waals surface area contributed by atoms with Crippen molar-refractivity contribution in [2.75, 3.05) is 6.54 Å². The second kappa shape index (κ2) is 17.6. The van der Waals surface area contributed by atoms with E-state index in [1.54, 1.807) is 61.6 Å². The van der Waals surface area contributed by atoms with Gasteiger partial charge in [0, 0.05) is 35.1 Å². The van der Waals surface area contributed by atoms with E-state index in [1.165, 1.54) is 109 Å². The zero-order valence-electron chi connectivity index (χ0n) is 28.0. The molecule has 1 aliphatic heterocycles. The van der Waals surface area contributed by atoms with Crippen LogP contribution in [-0.2, 0) is 0 Å². The molecule has 3 nitrogen and oxygen atoms in total. The molecule has 6 heterocycles. The van der Waals surface area contributed by atoms with Crippen molar-refractivity contribution in [3.8, 4) is 19.5 Å². The van der Waals surface area contributed by atoms with Crippen LogP contribution in [0.15, 0.2) is 31.8 Å². The number of carbonyl (C=O) groups is 2. The largest absolute Gasteiger partial charge is 0.274 e. The Bertz CT molecular complexity index is 1670. The van der Waals surface area contributed by atoms with E-state index in [-0.39, 0.29) is 11.8 Å². The smallest absolute Gasteiger partial charge is 0.263 e. The number of imide groups is 1. The van der Waals surface area contributed by atoms with E-state index in [2.05, 4.69) is 70.0 Å². The summed E-state index contributed by atoms with van der Waals surface area (Å²) in [4.78, 5) is 34.6. The van der Waals surface area contributed by atoms with Crippen molar-refractivity contribution in [1.29, 1.82) is 0 Å². The molecule has 0 radical (unpaired) electrons. The van der Waals surface area contributed by atoms with Gasteiger partial charge in [-0.1, -0.05) is 104 Å². The van der Waals surface area contributed by atoms with E-state index in [0.717, 1.165) is 39.9 Å². The minimum Gasteiger partial charge on any atom is -0.274 e. The predicted octanol–water partition coefficient (Wildman–Crippen LogP) is 15.7. The summed E-state index contributed by atoms with van der Waals surface area (Å²) in [5.74, 6) is 0.184. The Morgan fingerprint density at radius 1 is 0.542 bits per heavy atom. The van der Waals surface area contributed by atoms with Crippen molar-refractivity contribution in [1.82, 2.24) is 4.90 Å². The van der Waals surface area contributed by atoms with Gasteiger partial charge in [0.15, 0.2) is 0 Å². The fourth-order valence-corrected chi connectivity index (χ4v) is 14.5. The third-order valence-electron chi connectivity index (χ3n) is 9.50. The molecular formula is C38H45Br2NO2S5.